The fourth-order valence-corrected chi connectivity index (χ4v) is 10.9. The number of hydrogen-bond donors (Lipinski definition) is 0. The van der Waals surface area contributed by atoms with Gasteiger partial charge in [0.05, 0.1) is 34.2 Å². The van der Waals surface area contributed by atoms with Crippen LogP contribution in [0.4, 0.5) is 4.79 Å². The number of likely N-dealkylation sites (tertiary alicyclic amines) is 3. The fourth-order valence-electron chi connectivity index (χ4n) is 8.72. The number of urea groups is 1. The van der Waals surface area contributed by atoms with E-state index in [1.54, 1.807) is 33.8 Å². The Hall–Kier alpha value is -5.78. The zero-order valence-corrected chi connectivity index (χ0v) is 35.2. The average Bonchev–Trinajstić information content (AvgIpc) is 4.15. The molecule has 0 aliphatic carbocycles. The highest BCUT2D eigenvalue weighted by atomic mass is 32.1. The Balaban J connectivity index is 0.850. The van der Waals surface area contributed by atoms with Crippen molar-refractivity contribution >= 4 is 46.7 Å². The van der Waals surface area contributed by atoms with E-state index in [1.165, 1.54) is 0 Å². The van der Waals surface area contributed by atoms with Crippen molar-refractivity contribution in [3.8, 4) is 32.0 Å². The molecule has 0 N–H and O–H groups in total. The molecule has 60 heavy (non-hydrogen) atoms. The van der Waals surface area contributed by atoms with Gasteiger partial charge < -0.3 is 14.7 Å². The topological polar surface area (TPSA) is 99.1 Å². The van der Waals surface area contributed by atoms with Gasteiger partial charge in [-0.1, -0.05) is 109 Å². The standard InChI is InChI=1S/C49H48N6O3S2/c56-45(30-34-12-4-1-5-13-34)54-28-10-16-41(54)46-50-32-43(59-46)38-22-18-35(19-23-38)36-20-24-39(25-21-36)44-33-51-47(60-44)42-17-11-29-55(42)48(57)40(37-14-6-2-7-15-37)31-52-49(58)53-26-8-3-9-27-53/h1-2,4-7,12-15,18-25,31-33,40-42H,3,8-11,16-17,26-30H2/b52-31+/t40?,41?,42-/m0/s1. The summed E-state index contributed by atoms with van der Waals surface area (Å²) in [6, 6.07) is 36.4. The van der Waals surface area contributed by atoms with E-state index in [4.69, 9.17) is 9.97 Å². The molecule has 11 heteroatoms. The van der Waals surface area contributed by atoms with Crippen LogP contribution in [-0.4, -0.2) is 74.9 Å². The third-order valence-corrected chi connectivity index (χ3v) is 14.3. The molecule has 4 amide bonds. The summed E-state index contributed by atoms with van der Waals surface area (Å²) in [5.74, 6) is -0.531. The number of amides is 4. The van der Waals surface area contributed by atoms with Crippen molar-refractivity contribution in [3.05, 3.63) is 143 Å². The van der Waals surface area contributed by atoms with Gasteiger partial charge in [0.1, 0.15) is 10.0 Å². The molecule has 3 saturated heterocycles. The van der Waals surface area contributed by atoms with Gasteiger partial charge >= 0.3 is 6.03 Å². The first-order chi connectivity index (χ1) is 29.5. The van der Waals surface area contributed by atoms with Crippen molar-refractivity contribution in [3.63, 3.8) is 0 Å². The van der Waals surface area contributed by atoms with E-state index in [2.05, 4.69) is 53.5 Å². The van der Waals surface area contributed by atoms with E-state index >= 15 is 0 Å². The van der Waals surface area contributed by atoms with E-state index in [9.17, 15) is 14.4 Å². The summed E-state index contributed by atoms with van der Waals surface area (Å²) in [5.41, 5.74) is 6.32. The van der Waals surface area contributed by atoms with E-state index in [0.29, 0.717) is 26.1 Å². The minimum atomic E-state index is -0.647. The van der Waals surface area contributed by atoms with Crippen LogP contribution in [0.25, 0.3) is 32.0 Å². The zero-order chi connectivity index (χ0) is 40.8. The first-order valence-corrected chi connectivity index (χ1v) is 22.8. The third kappa shape index (κ3) is 8.74. The van der Waals surface area contributed by atoms with Gasteiger partial charge in [-0.15, -0.1) is 22.7 Å². The van der Waals surface area contributed by atoms with Crippen molar-refractivity contribution in [2.24, 2.45) is 4.99 Å². The molecule has 304 valence electrons. The van der Waals surface area contributed by atoms with Crippen LogP contribution in [0.3, 0.4) is 0 Å². The first kappa shape index (κ1) is 39.7. The molecule has 4 aromatic carbocycles. The summed E-state index contributed by atoms with van der Waals surface area (Å²) >= 11 is 3.32. The van der Waals surface area contributed by atoms with E-state index in [0.717, 1.165) is 105 Å². The van der Waals surface area contributed by atoms with Crippen LogP contribution in [0, 0.1) is 0 Å². The van der Waals surface area contributed by atoms with E-state index < -0.39 is 5.92 Å². The SMILES string of the molecule is O=C(/N=C/C(C(=O)N1CCC[C@H]1c1ncc(-c2ccc(-c3ccc(-c4cnc(C5CCCN5C(=O)Cc5ccccc5)s4)cc3)cc2)s1)c1ccccc1)N1CCCCC1. The summed E-state index contributed by atoms with van der Waals surface area (Å²) in [4.78, 5) is 62.4. The fraction of sp³-hybridized carbons (Fsp3) is 0.306. The Morgan fingerprint density at radius 2 is 1.13 bits per heavy atom. The molecule has 9 nitrogen and oxygen atoms in total. The first-order valence-electron chi connectivity index (χ1n) is 21.1. The highest BCUT2D eigenvalue weighted by Crippen LogP contribution is 2.40. The number of hydrogen-bond acceptors (Lipinski definition) is 7. The number of carbonyl (C=O) groups excluding carboxylic acids is 3. The predicted molar refractivity (Wildman–Crippen MR) is 240 cm³/mol. The molecule has 3 aliphatic rings. The largest absolute Gasteiger partial charge is 0.343 e. The van der Waals surface area contributed by atoms with Gasteiger partial charge in [0.2, 0.25) is 11.8 Å². The molecule has 6 aromatic rings. The maximum atomic E-state index is 14.3. The maximum absolute atomic E-state index is 14.3. The molecule has 2 aromatic heterocycles. The van der Waals surface area contributed by atoms with Crippen molar-refractivity contribution in [2.45, 2.75) is 69.4 Å². The number of thiazole rings is 2. The molecule has 2 unspecified atom stereocenters. The van der Waals surface area contributed by atoms with Gasteiger partial charge in [-0.2, -0.15) is 0 Å². The number of benzene rings is 4. The number of aromatic nitrogens is 2. The maximum Gasteiger partial charge on any atom is 0.343 e. The predicted octanol–water partition coefficient (Wildman–Crippen LogP) is 10.6. The van der Waals surface area contributed by atoms with Crippen LogP contribution in [0.15, 0.2) is 127 Å². The molecule has 0 bridgehead atoms. The third-order valence-electron chi connectivity index (χ3n) is 12.0. The Kier molecular flexibility index (Phi) is 12.1. The van der Waals surface area contributed by atoms with Gasteiger partial charge in [0.25, 0.3) is 0 Å². The highest BCUT2D eigenvalue weighted by Gasteiger charge is 2.36. The highest BCUT2D eigenvalue weighted by molar-refractivity contribution is 7.15. The summed E-state index contributed by atoms with van der Waals surface area (Å²) in [5, 5.41) is 1.93. The molecule has 5 heterocycles. The number of rotatable bonds is 10. The zero-order valence-electron chi connectivity index (χ0n) is 33.6. The second-order valence-corrected chi connectivity index (χ2v) is 18.0. The quantitative estimate of drug-likeness (QED) is 0.128. The van der Waals surface area contributed by atoms with Gasteiger partial charge in [-0.25, -0.2) is 19.8 Å². The lowest BCUT2D eigenvalue weighted by atomic mass is 9.98. The lowest BCUT2D eigenvalue weighted by Gasteiger charge is -2.27. The van der Waals surface area contributed by atoms with E-state index in [1.807, 2.05) is 82.9 Å². The van der Waals surface area contributed by atoms with Crippen LogP contribution in [0.5, 0.6) is 0 Å². The van der Waals surface area contributed by atoms with Crippen molar-refractivity contribution < 1.29 is 14.4 Å². The molecule has 0 saturated carbocycles. The molecule has 0 radical (unpaired) electrons. The molecule has 0 spiro atoms. The van der Waals surface area contributed by atoms with Gasteiger partial charge in [-0.05, 0) is 78.3 Å². The smallest absolute Gasteiger partial charge is 0.333 e. The number of carbonyl (C=O) groups is 3. The van der Waals surface area contributed by atoms with Crippen LogP contribution in [0.1, 0.15) is 84.1 Å². The Morgan fingerprint density at radius 3 is 1.72 bits per heavy atom. The van der Waals surface area contributed by atoms with E-state index in [-0.39, 0.29) is 29.9 Å². The minimum absolute atomic E-state index is 0.0334. The summed E-state index contributed by atoms with van der Waals surface area (Å²) in [6.45, 7) is 2.85. The molecular formula is C49H48N6O3S2. The Labute approximate surface area is 359 Å². The van der Waals surface area contributed by atoms with Crippen molar-refractivity contribution in [1.29, 1.82) is 0 Å². The number of aliphatic imine (C=N–C) groups is 1. The van der Waals surface area contributed by atoms with Gasteiger partial charge in [0, 0.05) is 44.8 Å². The van der Waals surface area contributed by atoms with Crippen molar-refractivity contribution in [2.75, 3.05) is 26.2 Å². The molecule has 9 rings (SSSR count). The van der Waals surface area contributed by atoms with Gasteiger partial charge in [-0.3, -0.25) is 9.59 Å². The Bertz CT molecular complexity index is 2440. The van der Waals surface area contributed by atoms with Gasteiger partial charge in [0.15, 0.2) is 0 Å². The molecule has 3 aliphatic heterocycles. The van der Waals surface area contributed by atoms with Crippen LogP contribution in [-0.2, 0) is 16.0 Å². The second-order valence-electron chi connectivity index (χ2n) is 15.9. The monoisotopic (exact) mass is 832 g/mol. The summed E-state index contributed by atoms with van der Waals surface area (Å²) in [6.07, 6.45) is 12.6. The summed E-state index contributed by atoms with van der Waals surface area (Å²) in [7, 11) is 0. The Morgan fingerprint density at radius 1 is 0.617 bits per heavy atom. The lowest BCUT2D eigenvalue weighted by molar-refractivity contribution is -0.132. The lowest BCUT2D eigenvalue weighted by Crippen LogP contribution is -2.36. The molecule has 3 fully saturated rings. The molecule has 3 atom stereocenters. The molecular weight excluding hydrogens is 785 g/mol. The van der Waals surface area contributed by atoms with Crippen LogP contribution < -0.4 is 0 Å². The summed E-state index contributed by atoms with van der Waals surface area (Å²) < 4.78 is 0. The van der Waals surface area contributed by atoms with Crippen LogP contribution >= 0.6 is 22.7 Å². The van der Waals surface area contributed by atoms with Crippen molar-refractivity contribution in [1.82, 2.24) is 24.7 Å². The second kappa shape index (κ2) is 18.2. The normalized spacial score (nSPS) is 18.6. The minimum Gasteiger partial charge on any atom is -0.333 e. The van der Waals surface area contributed by atoms with Crippen LogP contribution in [0.2, 0.25) is 0 Å². The average molecular weight is 833 g/mol. The number of piperidine rings is 1. The number of nitrogens with zero attached hydrogens (tertiary/aromatic N) is 6.